The predicted octanol–water partition coefficient (Wildman–Crippen LogP) is 2.10. The Kier molecular flexibility index (Phi) is 4.22. The lowest BCUT2D eigenvalue weighted by molar-refractivity contribution is 0.102. The molecule has 0 atom stereocenters. The zero-order chi connectivity index (χ0) is 10.6. The first-order chi connectivity index (χ1) is 6.69. The van der Waals surface area contributed by atoms with Gasteiger partial charge in [0.1, 0.15) is 0 Å². The molecule has 0 radical (unpaired) electrons. The lowest BCUT2D eigenvalue weighted by Gasteiger charge is -1.92. The molecule has 0 saturated heterocycles. The van der Waals surface area contributed by atoms with Gasteiger partial charge >= 0.3 is 0 Å². The highest BCUT2D eigenvalue weighted by Crippen LogP contribution is 2.20. The molecular weight excluding hydrogens is 198 g/mol. The minimum Gasteiger partial charge on any atom is -0.384 e. The van der Waals surface area contributed by atoms with E-state index in [0.29, 0.717) is 6.61 Å². The lowest BCUT2D eigenvalue weighted by Crippen LogP contribution is -1.95. The van der Waals surface area contributed by atoms with E-state index in [2.05, 4.69) is 4.98 Å². The SMILES string of the molecule is CCc1nc(CCOC)sc1C(C)=O. The normalized spacial score (nSPS) is 10.5. The van der Waals surface area contributed by atoms with Gasteiger partial charge in [-0.25, -0.2) is 4.98 Å². The molecule has 0 spiro atoms. The number of hydrogen-bond acceptors (Lipinski definition) is 4. The van der Waals surface area contributed by atoms with Crippen LogP contribution in [0.2, 0.25) is 0 Å². The van der Waals surface area contributed by atoms with E-state index in [9.17, 15) is 4.79 Å². The molecule has 0 N–H and O–H groups in total. The van der Waals surface area contributed by atoms with Crippen LogP contribution in [-0.4, -0.2) is 24.5 Å². The molecule has 0 fully saturated rings. The molecule has 0 aliphatic rings. The molecule has 1 aromatic rings. The largest absolute Gasteiger partial charge is 0.384 e. The van der Waals surface area contributed by atoms with Crippen molar-refractivity contribution in [2.45, 2.75) is 26.7 Å². The highest BCUT2D eigenvalue weighted by atomic mass is 32.1. The van der Waals surface area contributed by atoms with Gasteiger partial charge in [-0.3, -0.25) is 4.79 Å². The van der Waals surface area contributed by atoms with E-state index in [1.807, 2.05) is 6.92 Å². The maximum Gasteiger partial charge on any atom is 0.171 e. The smallest absolute Gasteiger partial charge is 0.171 e. The summed E-state index contributed by atoms with van der Waals surface area (Å²) in [6.45, 7) is 4.27. The Hall–Kier alpha value is -0.740. The van der Waals surface area contributed by atoms with Gasteiger partial charge in [-0.1, -0.05) is 6.92 Å². The van der Waals surface area contributed by atoms with Crippen molar-refractivity contribution >= 4 is 17.1 Å². The number of hydrogen-bond donors (Lipinski definition) is 0. The van der Waals surface area contributed by atoms with Crippen LogP contribution in [0.3, 0.4) is 0 Å². The summed E-state index contributed by atoms with van der Waals surface area (Å²) >= 11 is 1.49. The number of aromatic nitrogens is 1. The monoisotopic (exact) mass is 213 g/mol. The molecule has 14 heavy (non-hydrogen) atoms. The molecule has 1 heterocycles. The number of methoxy groups -OCH3 is 1. The number of carbonyl (C=O) groups is 1. The highest BCUT2D eigenvalue weighted by Gasteiger charge is 2.12. The number of aryl methyl sites for hydroxylation is 1. The molecule has 78 valence electrons. The first kappa shape index (κ1) is 11.3. The number of ether oxygens (including phenoxy) is 1. The average molecular weight is 213 g/mol. The second-order valence-corrected chi connectivity index (χ2v) is 4.12. The van der Waals surface area contributed by atoms with E-state index < -0.39 is 0 Å². The summed E-state index contributed by atoms with van der Waals surface area (Å²) in [5, 5.41) is 0.994. The molecule has 0 aromatic carbocycles. The predicted molar refractivity (Wildman–Crippen MR) is 57.1 cm³/mol. The van der Waals surface area contributed by atoms with Gasteiger partial charge in [-0.05, 0) is 6.42 Å². The van der Waals surface area contributed by atoms with Gasteiger partial charge in [0, 0.05) is 20.5 Å². The standard InChI is InChI=1S/C10H15NO2S/c1-4-8-10(7(2)12)14-9(11-8)5-6-13-3/h4-6H2,1-3H3. The minimum absolute atomic E-state index is 0.114. The van der Waals surface area contributed by atoms with Gasteiger partial charge in [0.05, 0.1) is 22.2 Å². The first-order valence-electron chi connectivity index (χ1n) is 4.67. The van der Waals surface area contributed by atoms with E-state index in [1.54, 1.807) is 14.0 Å². The number of ketones is 1. The Morgan fingerprint density at radius 2 is 2.29 bits per heavy atom. The summed E-state index contributed by atoms with van der Waals surface area (Å²) in [5.74, 6) is 0.114. The van der Waals surface area contributed by atoms with Crippen molar-refractivity contribution in [3.05, 3.63) is 15.6 Å². The van der Waals surface area contributed by atoms with Crippen LogP contribution in [0.15, 0.2) is 0 Å². The third kappa shape index (κ3) is 2.62. The zero-order valence-corrected chi connectivity index (χ0v) is 9.61. The summed E-state index contributed by atoms with van der Waals surface area (Å²) in [7, 11) is 1.67. The molecule has 0 aliphatic carbocycles. The van der Waals surface area contributed by atoms with Crippen molar-refractivity contribution in [1.82, 2.24) is 4.98 Å². The Morgan fingerprint density at radius 1 is 1.57 bits per heavy atom. The second-order valence-electron chi connectivity index (χ2n) is 3.04. The van der Waals surface area contributed by atoms with E-state index in [0.717, 1.165) is 28.4 Å². The Bertz CT molecular complexity index is 320. The van der Waals surface area contributed by atoms with Crippen LogP contribution in [0.5, 0.6) is 0 Å². The van der Waals surface area contributed by atoms with Gasteiger partial charge in [-0.2, -0.15) is 0 Å². The van der Waals surface area contributed by atoms with Crippen LogP contribution >= 0.6 is 11.3 Å². The van der Waals surface area contributed by atoms with Crippen LogP contribution in [0.25, 0.3) is 0 Å². The maximum atomic E-state index is 11.3. The average Bonchev–Trinajstić information content (AvgIpc) is 2.57. The fourth-order valence-electron chi connectivity index (χ4n) is 1.21. The summed E-state index contributed by atoms with van der Waals surface area (Å²) in [6.07, 6.45) is 1.61. The van der Waals surface area contributed by atoms with Crippen LogP contribution in [0.1, 0.15) is 34.2 Å². The molecule has 0 unspecified atom stereocenters. The molecule has 0 amide bonds. The van der Waals surface area contributed by atoms with Crippen LogP contribution in [-0.2, 0) is 17.6 Å². The van der Waals surface area contributed by atoms with Crippen molar-refractivity contribution in [1.29, 1.82) is 0 Å². The Labute approximate surface area is 88.1 Å². The molecule has 4 heteroatoms. The Balaban J connectivity index is 2.83. The molecule has 1 rings (SSSR count). The molecule has 0 saturated carbocycles. The highest BCUT2D eigenvalue weighted by molar-refractivity contribution is 7.13. The summed E-state index contributed by atoms with van der Waals surface area (Å²) < 4.78 is 4.97. The fourth-order valence-corrected chi connectivity index (χ4v) is 2.24. The van der Waals surface area contributed by atoms with Crippen LogP contribution < -0.4 is 0 Å². The third-order valence-corrected chi connectivity index (χ3v) is 3.17. The minimum atomic E-state index is 0.114. The first-order valence-corrected chi connectivity index (χ1v) is 5.49. The fraction of sp³-hybridized carbons (Fsp3) is 0.600. The van der Waals surface area contributed by atoms with Crippen molar-refractivity contribution in [2.75, 3.05) is 13.7 Å². The molecule has 0 aliphatic heterocycles. The third-order valence-electron chi connectivity index (χ3n) is 1.92. The quantitative estimate of drug-likeness (QED) is 0.703. The number of carbonyl (C=O) groups excluding carboxylic acids is 1. The van der Waals surface area contributed by atoms with Crippen LogP contribution in [0.4, 0.5) is 0 Å². The molecular formula is C10H15NO2S. The summed E-state index contributed by atoms with van der Waals surface area (Å²) in [5.41, 5.74) is 0.925. The van der Waals surface area contributed by atoms with Gasteiger partial charge in [-0.15, -0.1) is 11.3 Å². The second kappa shape index (κ2) is 5.22. The Morgan fingerprint density at radius 3 is 2.71 bits per heavy atom. The van der Waals surface area contributed by atoms with Gasteiger partial charge in [0.25, 0.3) is 0 Å². The number of nitrogens with zero attached hydrogens (tertiary/aromatic N) is 1. The number of thiazole rings is 1. The van der Waals surface area contributed by atoms with Gasteiger partial charge in [0.15, 0.2) is 5.78 Å². The van der Waals surface area contributed by atoms with E-state index in [-0.39, 0.29) is 5.78 Å². The summed E-state index contributed by atoms with van der Waals surface area (Å²) in [4.78, 5) is 16.5. The molecule has 0 bridgehead atoms. The van der Waals surface area contributed by atoms with Gasteiger partial charge in [0.2, 0.25) is 0 Å². The summed E-state index contributed by atoms with van der Waals surface area (Å²) in [6, 6.07) is 0. The lowest BCUT2D eigenvalue weighted by atomic mass is 10.2. The van der Waals surface area contributed by atoms with E-state index in [4.69, 9.17) is 4.74 Å². The van der Waals surface area contributed by atoms with Gasteiger partial charge < -0.3 is 4.74 Å². The van der Waals surface area contributed by atoms with Crippen LogP contribution in [0, 0.1) is 0 Å². The van der Waals surface area contributed by atoms with Crippen molar-refractivity contribution in [3.63, 3.8) is 0 Å². The van der Waals surface area contributed by atoms with Crippen molar-refractivity contribution in [3.8, 4) is 0 Å². The van der Waals surface area contributed by atoms with E-state index in [1.165, 1.54) is 11.3 Å². The molecule has 1 aromatic heterocycles. The zero-order valence-electron chi connectivity index (χ0n) is 8.79. The van der Waals surface area contributed by atoms with Crippen molar-refractivity contribution in [2.24, 2.45) is 0 Å². The number of rotatable bonds is 5. The molecule has 3 nitrogen and oxygen atoms in total. The van der Waals surface area contributed by atoms with Crippen molar-refractivity contribution < 1.29 is 9.53 Å². The topological polar surface area (TPSA) is 39.2 Å². The number of Topliss-reactive ketones (excluding diaryl/α,β-unsaturated/α-hetero) is 1. The van der Waals surface area contributed by atoms with E-state index >= 15 is 0 Å². The maximum absolute atomic E-state index is 11.3.